The van der Waals surface area contributed by atoms with E-state index >= 15 is 0 Å². The molecule has 11 heteroatoms. The lowest BCUT2D eigenvalue weighted by Crippen LogP contribution is -2.37. The molecule has 41 heavy (non-hydrogen) atoms. The van der Waals surface area contributed by atoms with Crippen molar-refractivity contribution in [3.05, 3.63) is 78.1 Å². The second-order valence-electron chi connectivity index (χ2n) is 10.6. The zero-order valence-electron chi connectivity index (χ0n) is 22.9. The predicted molar refractivity (Wildman–Crippen MR) is 165 cm³/mol. The van der Waals surface area contributed by atoms with Gasteiger partial charge in [-0.25, -0.2) is 14.6 Å². The number of nitrogens with one attached hydrogen (secondary N) is 1. The van der Waals surface area contributed by atoms with Crippen molar-refractivity contribution in [2.75, 3.05) is 12.8 Å². The number of halogens is 1. The lowest BCUT2D eigenvalue weighted by atomic mass is 9.82. The normalized spacial score (nSPS) is 17.5. The number of alkyl halides is 1. The molecule has 1 amide bonds. The van der Waals surface area contributed by atoms with Crippen LogP contribution < -0.4 is 15.8 Å². The number of carbonyl (C=O) groups excluding carboxylic acids is 1. The maximum Gasteiger partial charge on any atom is 0.310 e. The van der Waals surface area contributed by atoms with Gasteiger partial charge in [-0.05, 0) is 43.9 Å². The number of hydrogen-bond acceptors (Lipinski definition) is 7. The van der Waals surface area contributed by atoms with E-state index in [1.165, 1.54) is 13.4 Å². The SMILES string of the molecule is COc1ccccc1C(=O)NCc1ccc(-c2nn([C@@H]3C=C[C@@H](C(I)C(C)(C)C(=O)O)C3)c3ncnc(N)c23)cc1. The molecule has 1 aliphatic carbocycles. The summed E-state index contributed by atoms with van der Waals surface area (Å²) in [5.74, 6) is -0.111. The molecule has 1 aliphatic rings. The fourth-order valence-corrected chi connectivity index (χ4v) is 5.88. The third-order valence-corrected chi connectivity index (χ3v) is 10.1. The van der Waals surface area contributed by atoms with Crippen LogP contribution in [-0.4, -0.2) is 47.8 Å². The Morgan fingerprint density at radius 2 is 1.90 bits per heavy atom. The van der Waals surface area contributed by atoms with E-state index in [0.717, 1.165) is 11.1 Å². The molecule has 0 radical (unpaired) electrons. The summed E-state index contributed by atoms with van der Waals surface area (Å²) in [7, 11) is 1.54. The smallest absolute Gasteiger partial charge is 0.310 e. The largest absolute Gasteiger partial charge is 0.496 e. The van der Waals surface area contributed by atoms with Gasteiger partial charge in [0.1, 0.15) is 23.6 Å². The Morgan fingerprint density at radius 3 is 2.61 bits per heavy atom. The first-order valence-corrected chi connectivity index (χ1v) is 14.4. The highest BCUT2D eigenvalue weighted by molar-refractivity contribution is 14.1. The topological polar surface area (TPSA) is 145 Å². The van der Waals surface area contributed by atoms with Crippen molar-refractivity contribution < 1.29 is 19.4 Å². The van der Waals surface area contributed by atoms with Crippen LogP contribution in [0.25, 0.3) is 22.3 Å². The standard InChI is InChI=1S/C30H31IN6O4/c1-30(2,29(39)40)25(31)19-12-13-20(14-19)37-27-23(26(32)34-16-35-27)24(36-37)18-10-8-17(9-11-18)15-33-28(38)21-6-4-5-7-22(21)41-3/h4-13,16,19-20,25H,14-15H2,1-3H3,(H,33,38)(H,39,40)(H2,32,34,35)/t19-,20-,25?/m1/s1. The van der Waals surface area contributed by atoms with Crippen molar-refractivity contribution >= 4 is 51.3 Å². The number of benzene rings is 2. The number of para-hydroxylation sites is 1. The number of nitrogens with zero attached hydrogens (tertiary/aromatic N) is 4. The number of ether oxygens (including phenoxy) is 1. The molecular formula is C30H31IN6O4. The van der Waals surface area contributed by atoms with Crippen LogP contribution in [-0.2, 0) is 11.3 Å². The minimum Gasteiger partial charge on any atom is -0.496 e. The van der Waals surface area contributed by atoms with E-state index in [4.69, 9.17) is 15.6 Å². The number of methoxy groups -OCH3 is 1. The van der Waals surface area contributed by atoms with Crippen molar-refractivity contribution in [1.29, 1.82) is 0 Å². The van der Waals surface area contributed by atoms with E-state index in [1.807, 2.05) is 35.0 Å². The summed E-state index contributed by atoms with van der Waals surface area (Å²) in [5.41, 5.74) is 8.96. The van der Waals surface area contributed by atoms with Gasteiger partial charge in [-0.15, -0.1) is 0 Å². The van der Waals surface area contributed by atoms with E-state index in [2.05, 4.69) is 50.0 Å². The Hall–Kier alpha value is -4.00. The number of nitrogen functional groups attached to an aromatic ring is 1. The minimum atomic E-state index is -0.872. The summed E-state index contributed by atoms with van der Waals surface area (Å²) >= 11 is 2.25. The molecule has 3 atom stereocenters. The first-order valence-electron chi connectivity index (χ1n) is 13.2. The molecule has 212 valence electrons. The number of carbonyl (C=O) groups is 2. The molecule has 2 heterocycles. The molecule has 2 aromatic carbocycles. The lowest BCUT2D eigenvalue weighted by molar-refractivity contribution is -0.147. The van der Waals surface area contributed by atoms with Crippen LogP contribution in [0, 0.1) is 11.3 Å². The molecule has 4 aromatic rings. The van der Waals surface area contributed by atoms with Gasteiger partial charge in [0.05, 0.1) is 29.5 Å². The number of anilines is 1. The van der Waals surface area contributed by atoms with Gasteiger partial charge in [0.25, 0.3) is 5.91 Å². The number of nitrogens with two attached hydrogens (primary N) is 1. The van der Waals surface area contributed by atoms with Gasteiger partial charge in [0.15, 0.2) is 5.65 Å². The Kier molecular flexibility index (Phi) is 7.98. The summed E-state index contributed by atoms with van der Waals surface area (Å²) in [5, 5.41) is 18.2. The van der Waals surface area contributed by atoms with Crippen LogP contribution in [0.1, 0.15) is 42.2 Å². The highest BCUT2D eigenvalue weighted by Gasteiger charge is 2.41. The molecule has 0 bridgehead atoms. The van der Waals surface area contributed by atoms with E-state index in [1.54, 1.807) is 32.0 Å². The maximum atomic E-state index is 12.7. The number of aromatic nitrogens is 4. The molecule has 4 N–H and O–H groups in total. The fraction of sp³-hybridized carbons (Fsp3) is 0.300. The van der Waals surface area contributed by atoms with E-state index in [-0.39, 0.29) is 21.8 Å². The van der Waals surface area contributed by atoms with Gasteiger partial charge in [-0.3, -0.25) is 9.59 Å². The first-order chi connectivity index (χ1) is 19.6. The van der Waals surface area contributed by atoms with Crippen molar-refractivity contribution in [3.8, 4) is 17.0 Å². The highest BCUT2D eigenvalue weighted by atomic mass is 127. The van der Waals surface area contributed by atoms with Crippen LogP contribution in [0.4, 0.5) is 5.82 Å². The molecule has 10 nitrogen and oxygen atoms in total. The Bertz CT molecular complexity index is 1630. The van der Waals surface area contributed by atoms with Gasteiger partial charge in [-0.2, -0.15) is 5.10 Å². The fourth-order valence-electron chi connectivity index (χ4n) is 5.08. The number of aliphatic carboxylic acids is 1. The molecule has 0 spiro atoms. The molecular weight excluding hydrogens is 635 g/mol. The molecule has 0 fully saturated rings. The van der Waals surface area contributed by atoms with Gasteiger partial charge in [-0.1, -0.05) is 71.1 Å². The number of fused-ring (bicyclic) bond motifs is 1. The zero-order valence-corrected chi connectivity index (χ0v) is 25.1. The molecule has 1 unspecified atom stereocenters. The van der Waals surface area contributed by atoms with Gasteiger partial charge in [0.2, 0.25) is 0 Å². The first kappa shape index (κ1) is 28.5. The van der Waals surface area contributed by atoms with Gasteiger partial charge >= 0.3 is 5.97 Å². The van der Waals surface area contributed by atoms with Gasteiger partial charge in [0, 0.05) is 16.0 Å². The molecule has 0 saturated carbocycles. The van der Waals surface area contributed by atoms with Crippen LogP contribution in [0.5, 0.6) is 5.75 Å². The number of carboxylic acid groups (broad SMARTS) is 1. The average Bonchev–Trinajstić information content (AvgIpc) is 3.62. The second kappa shape index (κ2) is 11.5. The number of amides is 1. The summed E-state index contributed by atoms with van der Waals surface area (Å²) in [4.78, 5) is 33.2. The van der Waals surface area contributed by atoms with Crippen LogP contribution in [0.2, 0.25) is 0 Å². The van der Waals surface area contributed by atoms with Crippen molar-refractivity contribution in [2.45, 2.75) is 36.8 Å². The lowest BCUT2D eigenvalue weighted by Gasteiger charge is -2.30. The van der Waals surface area contributed by atoms with Crippen molar-refractivity contribution in [3.63, 3.8) is 0 Å². The van der Waals surface area contributed by atoms with Crippen LogP contribution >= 0.6 is 22.6 Å². The summed E-state index contributed by atoms with van der Waals surface area (Å²) in [6.07, 6.45) is 6.28. The third kappa shape index (κ3) is 5.50. The monoisotopic (exact) mass is 666 g/mol. The number of rotatable bonds is 9. The zero-order chi connectivity index (χ0) is 29.3. The van der Waals surface area contributed by atoms with Crippen LogP contribution in [0.3, 0.4) is 0 Å². The predicted octanol–water partition coefficient (Wildman–Crippen LogP) is 5.05. The Labute approximate surface area is 251 Å². The number of hydrogen-bond donors (Lipinski definition) is 3. The Balaban J connectivity index is 1.37. The summed E-state index contributed by atoms with van der Waals surface area (Å²) in [6, 6.07) is 14.7. The van der Waals surface area contributed by atoms with Crippen molar-refractivity contribution in [2.24, 2.45) is 11.3 Å². The van der Waals surface area contributed by atoms with E-state index in [9.17, 15) is 14.7 Å². The molecule has 0 aliphatic heterocycles. The van der Waals surface area contributed by atoms with Crippen molar-refractivity contribution in [1.82, 2.24) is 25.1 Å². The molecule has 0 saturated heterocycles. The summed E-state index contributed by atoms with van der Waals surface area (Å²) < 4.78 is 7.05. The highest BCUT2D eigenvalue weighted by Crippen LogP contribution is 2.42. The minimum absolute atomic E-state index is 0.0685. The third-order valence-electron chi connectivity index (χ3n) is 7.57. The van der Waals surface area contributed by atoms with E-state index < -0.39 is 11.4 Å². The van der Waals surface area contributed by atoms with E-state index in [0.29, 0.717) is 46.8 Å². The average molecular weight is 667 g/mol. The Morgan fingerprint density at radius 1 is 1.17 bits per heavy atom. The molecule has 2 aromatic heterocycles. The second-order valence-corrected chi connectivity index (χ2v) is 12.0. The summed E-state index contributed by atoms with van der Waals surface area (Å²) in [6.45, 7) is 3.86. The van der Waals surface area contributed by atoms with Gasteiger partial charge < -0.3 is 20.9 Å². The maximum absolute atomic E-state index is 12.7. The number of carboxylic acids is 1. The number of allylic oxidation sites excluding steroid dienone is 2. The quantitative estimate of drug-likeness (QED) is 0.128. The van der Waals surface area contributed by atoms with Crippen LogP contribution in [0.15, 0.2) is 67.0 Å². The molecule has 5 rings (SSSR count).